The van der Waals surface area contributed by atoms with Crippen molar-refractivity contribution in [3.05, 3.63) is 70.0 Å². The minimum Gasteiger partial charge on any atom is -0.352 e. The second kappa shape index (κ2) is 10.0. The van der Waals surface area contributed by atoms with E-state index in [2.05, 4.69) is 29.5 Å². The smallest absolute Gasteiger partial charge is 0.257 e. The lowest BCUT2D eigenvalue weighted by Gasteiger charge is -2.17. The summed E-state index contributed by atoms with van der Waals surface area (Å²) in [4.78, 5) is 43.4. The Kier molecular flexibility index (Phi) is 6.91. The van der Waals surface area contributed by atoms with Gasteiger partial charge >= 0.3 is 0 Å². The molecule has 3 heterocycles. The number of hydrogen-bond donors (Lipinski definition) is 2. The third kappa shape index (κ3) is 5.32. The number of nitrogens with one attached hydrogen (secondary N) is 2. The molecule has 8 heteroatoms. The maximum atomic E-state index is 13.1. The van der Waals surface area contributed by atoms with Crippen LogP contribution in [0.4, 0.5) is 0 Å². The maximum Gasteiger partial charge on any atom is 0.257 e. The number of carbonyl (C=O) groups is 2. The highest BCUT2D eigenvalue weighted by atomic mass is 16.2. The second-order valence-corrected chi connectivity index (χ2v) is 9.12. The number of aromatic nitrogens is 3. The van der Waals surface area contributed by atoms with E-state index in [9.17, 15) is 14.4 Å². The largest absolute Gasteiger partial charge is 0.352 e. The molecular weight excluding hydrogens is 418 g/mol. The first-order valence-electron chi connectivity index (χ1n) is 11.7. The van der Waals surface area contributed by atoms with E-state index in [4.69, 9.17) is 0 Å². The van der Waals surface area contributed by atoms with Gasteiger partial charge in [0.1, 0.15) is 16.8 Å². The van der Waals surface area contributed by atoms with Crippen molar-refractivity contribution in [3.8, 4) is 0 Å². The molecule has 8 nitrogen and oxygen atoms in total. The lowest BCUT2D eigenvalue weighted by molar-refractivity contribution is 0.0947. The molecular formula is C25H31N5O3. The van der Waals surface area contributed by atoms with Crippen LogP contribution in [0.5, 0.6) is 0 Å². The van der Waals surface area contributed by atoms with E-state index in [1.807, 2.05) is 39.6 Å². The van der Waals surface area contributed by atoms with Gasteiger partial charge < -0.3 is 19.6 Å². The van der Waals surface area contributed by atoms with Crippen molar-refractivity contribution in [3.63, 3.8) is 0 Å². The fourth-order valence-electron chi connectivity index (χ4n) is 4.24. The monoisotopic (exact) mass is 449 g/mol. The van der Waals surface area contributed by atoms with Gasteiger partial charge in [0, 0.05) is 37.4 Å². The van der Waals surface area contributed by atoms with Crippen LogP contribution in [0.3, 0.4) is 0 Å². The van der Waals surface area contributed by atoms with Gasteiger partial charge in [-0.3, -0.25) is 14.4 Å². The number of carbonyl (C=O) groups excluding carboxylic acids is 2. The fraction of sp³-hybridized carbons (Fsp3) is 0.440. The van der Waals surface area contributed by atoms with Crippen LogP contribution in [0.1, 0.15) is 78.4 Å². The lowest BCUT2D eigenvalue weighted by Crippen LogP contribution is -2.36. The van der Waals surface area contributed by atoms with Crippen molar-refractivity contribution in [1.82, 2.24) is 24.6 Å². The van der Waals surface area contributed by atoms with Gasteiger partial charge in [-0.15, -0.1) is 0 Å². The van der Waals surface area contributed by atoms with Crippen molar-refractivity contribution in [1.29, 1.82) is 0 Å². The second-order valence-electron chi connectivity index (χ2n) is 9.12. The number of nitrogens with zero attached hydrogens (tertiary/aromatic N) is 3. The molecule has 2 N–H and O–H groups in total. The molecule has 3 aromatic heterocycles. The summed E-state index contributed by atoms with van der Waals surface area (Å²) in [6, 6.07) is 5.87. The van der Waals surface area contributed by atoms with Gasteiger partial charge in [0.15, 0.2) is 0 Å². The number of amides is 2. The Balaban J connectivity index is 1.56. The van der Waals surface area contributed by atoms with E-state index in [0.29, 0.717) is 18.2 Å². The number of fused-ring (bicyclic) bond motifs is 1. The highest BCUT2D eigenvalue weighted by molar-refractivity contribution is 5.99. The van der Waals surface area contributed by atoms with Gasteiger partial charge in [0.25, 0.3) is 11.8 Å². The van der Waals surface area contributed by atoms with Crippen molar-refractivity contribution in [2.24, 2.45) is 5.92 Å². The molecule has 0 bridgehead atoms. The molecule has 2 amide bonds. The molecule has 0 saturated heterocycles. The zero-order valence-electron chi connectivity index (χ0n) is 19.2. The Morgan fingerprint density at radius 3 is 2.42 bits per heavy atom. The normalized spacial score (nSPS) is 14.2. The Labute approximate surface area is 193 Å². The SMILES string of the molecule is CC(C)CCNC(=O)c1cn(C2CCCC2)cc(C(=O)NCc2cn3ccccc3n2)c1=O. The molecule has 3 aromatic rings. The van der Waals surface area contributed by atoms with Gasteiger partial charge in [-0.2, -0.15) is 0 Å². The molecule has 1 saturated carbocycles. The van der Waals surface area contributed by atoms with Gasteiger partial charge in [-0.25, -0.2) is 4.98 Å². The van der Waals surface area contributed by atoms with Gasteiger partial charge in [0.05, 0.1) is 12.2 Å². The van der Waals surface area contributed by atoms with Crippen LogP contribution >= 0.6 is 0 Å². The minimum atomic E-state index is -0.543. The van der Waals surface area contributed by atoms with E-state index in [0.717, 1.165) is 37.8 Å². The molecule has 1 fully saturated rings. The Morgan fingerprint density at radius 2 is 1.76 bits per heavy atom. The van der Waals surface area contributed by atoms with Crippen LogP contribution in [-0.2, 0) is 6.54 Å². The van der Waals surface area contributed by atoms with Crippen molar-refractivity contribution < 1.29 is 9.59 Å². The quantitative estimate of drug-likeness (QED) is 0.551. The van der Waals surface area contributed by atoms with E-state index in [1.165, 1.54) is 0 Å². The lowest BCUT2D eigenvalue weighted by atomic mass is 10.1. The molecule has 0 unspecified atom stereocenters. The van der Waals surface area contributed by atoms with Crippen LogP contribution in [0.25, 0.3) is 5.65 Å². The highest BCUT2D eigenvalue weighted by Crippen LogP contribution is 2.29. The Hall–Kier alpha value is -3.42. The number of imidazole rings is 1. The highest BCUT2D eigenvalue weighted by Gasteiger charge is 2.23. The summed E-state index contributed by atoms with van der Waals surface area (Å²) < 4.78 is 3.75. The zero-order chi connectivity index (χ0) is 23.4. The first-order chi connectivity index (χ1) is 15.9. The molecule has 0 aromatic carbocycles. The predicted molar refractivity (Wildman–Crippen MR) is 126 cm³/mol. The first kappa shape index (κ1) is 22.8. The van der Waals surface area contributed by atoms with Crippen LogP contribution in [-0.4, -0.2) is 32.3 Å². The third-order valence-corrected chi connectivity index (χ3v) is 6.13. The maximum absolute atomic E-state index is 13.1. The molecule has 0 spiro atoms. The summed E-state index contributed by atoms with van der Waals surface area (Å²) in [6.07, 6.45) is 11.9. The summed E-state index contributed by atoms with van der Waals surface area (Å²) in [5.41, 5.74) is 0.936. The molecule has 0 aliphatic heterocycles. The number of pyridine rings is 2. The molecule has 174 valence electrons. The Morgan fingerprint density at radius 1 is 1.06 bits per heavy atom. The predicted octanol–water partition coefficient (Wildman–Crippen LogP) is 3.32. The summed E-state index contributed by atoms with van der Waals surface area (Å²) in [5.74, 6) is -0.486. The van der Waals surface area contributed by atoms with Gasteiger partial charge in [-0.1, -0.05) is 32.8 Å². The van der Waals surface area contributed by atoms with Crippen LogP contribution in [0.2, 0.25) is 0 Å². The van der Waals surface area contributed by atoms with Crippen molar-refractivity contribution in [2.75, 3.05) is 6.54 Å². The summed E-state index contributed by atoms with van der Waals surface area (Å²) in [7, 11) is 0. The first-order valence-corrected chi connectivity index (χ1v) is 11.7. The molecule has 33 heavy (non-hydrogen) atoms. The van der Waals surface area contributed by atoms with E-state index < -0.39 is 17.2 Å². The number of hydrogen-bond acceptors (Lipinski definition) is 4. The van der Waals surface area contributed by atoms with Crippen LogP contribution < -0.4 is 16.1 Å². The number of rotatable bonds is 8. The van der Waals surface area contributed by atoms with Gasteiger partial charge in [0.2, 0.25) is 5.43 Å². The average Bonchev–Trinajstić information content (AvgIpc) is 3.47. The average molecular weight is 450 g/mol. The fourth-order valence-corrected chi connectivity index (χ4v) is 4.24. The Bertz CT molecular complexity index is 1170. The minimum absolute atomic E-state index is 0.0119. The van der Waals surface area contributed by atoms with Crippen molar-refractivity contribution in [2.45, 2.75) is 58.5 Å². The summed E-state index contributed by atoms with van der Waals surface area (Å²) in [6.45, 7) is 4.83. The molecule has 0 radical (unpaired) electrons. The standard InChI is InChI=1S/C25H31N5O3/c1-17(2)10-11-26-24(32)20-15-30(19-7-3-4-8-19)16-21(23(20)31)25(33)27-13-18-14-29-12-6-5-9-22(29)28-18/h5-6,9,12,14-17,19H,3-4,7-8,10-11,13H2,1-2H3,(H,26,32)(H,27,33). The van der Waals surface area contributed by atoms with Crippen LogP contribution in [0, 0.1) is 5.92 Å². The topological polar surface area (TPSA) is 97.5 Å². The zero-order valence-corrected chi connectivity index (χ0v) is 19.2. The van der Waals surface area contributed by atoms with Crippen molar-refractivity contribution >= 4 is 17.5 Å². The van der Waals surface area contributed by atoms with Crippen LogP contribution in [0.15, 0.2) is 47.8 Å². The molecule has 4 rings (SSSR count). The van der Waals surface area contributed by atoms with E-state index in [-0.39, 0.29) is 23.7 Å². The van der Waals surface area contributed by atoms with E-state index >= 15 is 0 Å². The molecule has 1 aliphatic rings. The summed E-state index contributed by atoms with van der Waals surface area (Å²) >= 11 is 0. The molecule has 1 aliphatic carbocycles. The summed E-state index contributed by atoms with van der Waals surface area (Å²) in [5, 5.41) is 5.63. The van der Waals surface area contributed by atoms with E-state index in [1.54, 1.807) is 12.4 Å². The third-order valence-electron chi connectivity index (χ3n) is 6.13. The molecule has 0 atom stereocenters. The van der Waals surface area contributed by atoms with Gasteiger partial charge in [-0.05, 0) is 37.3 Å².